The highest BCUT2D eigenvalue weighted by molar-refractivity contribution is 5.44. The maximum Gasteiger partial charge on any atom is 0.0534 e. The zero-order valence-electron chi connectivity index (χ0n) is 10.4. The van der Waals surface area contributed by atoms with Gasteiger partial charge < -0.3 is 5.11 Å². The summed E-state index contributed by atoms with van der Waals surface area (Å²) in [6.45, 7) is 10.9. The second-order valence-corrected chi connectivity index (χ2v) is 5.17. The quantitative estimate of drug-likeness (QED) is 0.786. The van der Waals surface area contributed by atoms with Crippen LogP contribution in [-0.2, 0) is 5.41 Å². The van der Waals surface area contributed by atoms with Gasteiger partial charge in [-0.3, -0.25) is 0 Å². The van der Waals surface area contributed by atoms with Crippen LogP contribution < -0.4 is 0 Å². The number of hydrogen-bond acceptors (Lipinski definition) is 1. The molecule has 1 radical (unpaired) electrons. The molecule has 0 saturated heterocycles. The first-order chi connectivity index (χ1) is 6.88. The molecule has 1 nitrogen and oxygen atoms in total. The summed E-state index contributed by atoms with van der Waals surface area (Å²) in [5.74, 6) is 1.04. The molecule has 0 fully saturated rings. The summed E-state index contributed by atoms with van der Waals surface area (Å²) in [6.07, 6.45) is 0. The maximum absolute atomic E-state index is 9.17. The second kappa shape index (κ2) is 4.36. The molecule has 0 amide bonds. The standard InChI is InChI=1S/C14H21O/c1-10(9-15)12-7-6-8-13(11(12)2)14(3,4)5/h6-8,15H,9H2,1-5H3. The van der Waals surface area contributed by atoms with Crippen LogP contribution in [0.5, 0.6) is 0 Å². The lowest BCUT2D eigenvalue weighted by Gasteiger charge is -2.24. The van der Waals surface area contributed by atoms with E-state index in [-0.39, 0.29) is 12.0 Å². The van der Waals surface area contributed by atoms with E-state index in [1.807, 2.05) is 6.92 Å². The molecule has 0 aliphatic carbocycles. The summed E-state index contributed by atoms with van der Waals surface area (Å²) < 4.78 is 0. The molecular formula is C14H21O. The molecule has 0 heterocycles. The summed E-state index contributed by atoms with van der Waals surface area (Å²) in [5, 5.41) is 9.17. The van der Waals surface area contributed by atoms with Crippen molar-refractivity contribution in [1.82, 2.24) is 0 Å². The van der Waals surface area contributed by atoms with E-state index in [4.69, 9.17) is 5.11 Å². The van der Waals surface area contributed by atoms with Crippen LogP contribution in [0.2, 0.25) is 0 Å². The van der Waals surface area contributed by atoms with Crippen LogP contribution in [-0.4, -0.2) is 11.7 Å². The fraction of sp³-hybridized carbons (Fsp3) is 0.500. The zero-order valence-corrected chi connectivity index (χ0v) is 10.4. The Kier molecular flexibility index (Phi) is 3.56. The van der Waals surface area contributed by atoms with Gasteiger partial charge in [-0.25, -0.2) is 0 Å². The maximum atomic E-state index is 9.17. The van der Waals surface area contributed by atoms with E-state index in [0.717, 1.165) is 5.92 Å². The third-order valence-corrected chi connectivity index (χ3v) is 2.84. The Hall–Kier alpha value is -0.820. The molecule has 1 rings (SSSR count). The van der Waals surface area contributed by atoms with Crippen LogP contribution in [0.25, 0.3) is 0 Å². The molecule has 0 aromatic heterocycles. The molecule has 0 saturated carbocycles. The monoisotopic (exact) mass is 205 g/mol. The van der Waals surface area contributed by atoms with Crippen LogP contribution >= 0.6 is 0 Å². The van der Waals surface area contributed by atoms with Crippen molar-refractivity contribution in [3.05, 3.63) is 40.8 Å². The molecular weight excluding hydrogens is 184 g/mol. The average Bonchev–Trinajstić information content (AvgIpc) is 2.15. The van der Waals surface area contributed by atoms with Gasteiger partial charge in [0.2, 0.25) is 0 Å². The number of hydrogen-bond donors (Lipinski definition) is 1. The molecule has 1 heteroatoms. The van der Waals surface area contributed by atoms with E-state index >= 15 is 0 Å². The molecule has 0 aliphatic heterocycles. The third-order valence-electron chi connectivity index (χ3n) is 2.84. The predicted octanol–water partition coefficient (Wildman–Crippen LogP) is 3.23. The molecule has 0 aliphatic rings. The minimum absolute atomic E-state index is 0.133. The molecule has 0 unspecified atom stereocenters. The van der Waals surface area contributed by atoms with E-state index < -0.39 is 0 Å². The molecule has 1 aromatic rings. The smallest absolute Gasteiger partial charge is 0.0534 e. The first-order valence-corrected chi connectivity index (χ1v) is 5.41. The molecule has 83 valence electrons. The number of aliphatic hydroxyl groups is 1. The summed E-state index contributed by atoms with van der Waals surface area (Å²) in [6, 6.07) is 6.32. The molecule has 0 atom stereocenters. The zero-order chi connectivity index (χ0) is 11.6. The highest BCUT2D eigenvalue weighted by Gasteiger charge is 2.19. The largest absolute Gasteiger partial charge is 0.395 e. The first-order valence-electron chi connectivity index (χ1n) is 5.41. The van der Waals surface area contributed by atoms with Gasteiger partial charge in [0.05, 0.1) is 6.61 Å². The highest BCUT2D eigenvalue weighted by Crippen LogP contribution is 2.29. The van der Waals surface area contributed by atoms with Gasteiger partial charge in [-0.2, -0.15) is 0 Å². The van der Waals surface area contributed by atoms with Crippen LogP contribution in [0, 0.1) is 12.8 Å². The van der Waals surface area contributed by atoms with E-state index in [1.54, 1.807) is 0 Å². The Morgan fingerprint density at radius 2 is 1.87 bits per heavy atom. The van der Waals surface area contributed by atoms with Gasteiger partial charge in [0.1, 0.15) is 0 Å². The van der Waals surface area contributed by atoms with Crippen molar-refractivity contribution in [3.8, 4) is 0 Å². The molecule has 0 spiro atoms. The second-order valence-electron chi connectivity index (χ2n) is 5.17. The Balaban J connectivity index is 3.23. The topological polar surface area (TPSA) is 20.2 Å². The van der Waals surface area contributed by atoms with E-state index in [2.05, 4.69) is 45.9 Å². The van der Waals surface area contributed by atoms with Gasteiger partial charge in [-0.15, -0.1) is 0 Å². The van der Waals surface area contributed by atoms with Gasteiger partial charge in [0.25, 0.3) is 0 Å². The fourth-order valence-corrected chi connectivity index (χ4v) is 2.00. The van der Waals surface area contributed by atoms with E-state index in [9.17, 15) is 0 Å². The SMILES string of the molecule is C[C](CO)c1cccc(C(C)(C)C)c1C. The van der Waals surface area contributed by atoms with Crippen LogP contribution in [0.15, 0.2) is 18.2 Å². The molecule has 1 aromatic carbocycles. The van der Waals surface area contributed by atoms with Crippen LogP contribution in [0.3, 0.4) is 0 Å². The third kappa shape index (κ3) is 2.60. The van der Waals surface area contributed by atoms with Gasteiger partial charge in [0.15, 0.2) is 0 Å². The Bertz CT molecular complexity index is 334. The first kappa shape index (κ1) is 12.3. The van der Waals surface area contributed by atoms with Crippen molar-refractivity contribution in [2.45, 2.75) is 40.0 Å². The van der Waals surface area contributed by atoms with Gasteiger partial charge in [0, 0.05) is 5.92 Å². The number of aliphatic hydroxyl groups excluding tert-OH is 1. The van der Waals surface area contributed by atoms with Crippen molar-refractivity contribution in [2.75, 3.05) is 6.61 Å². The Morgan fingerprint density at radius 1 is 1.27 bits per heavy atom. The van der Waals surface area contributed by atoms with Crippen molar-refractivity contribution in [1.29, 1.82) is 0 Å². The Morgan fingerprint density at radius 3 is 2.33 bits per heavy atom. The number of rotatable bonds is 2. The van der Waals surface area contributed by atoms with Crippen molar-refractivity contribution < 1.29 is 5.11 Å². The van der Waals surface area contributed by atoms with Crippen LogP contribution in [0.4, 0.5) is 0 Å². The molecule has 15 heavy (non-hydrogen) atoms. The lowest BCUT2D eigenvalue weighted by molar-refractivity contribution is 0.314. The molecule has 1 N–H and O–H groups in total. The van der Waals surface area contributed by atoms with Gasteiger partial charge >= 0.3 is 0 Å². The average molecular weight is 205 g/mol. The highest BCUT2D eigenvalue weighted by atomic mass is 16.3. The normalized spacial score (nSPS) is 12.2. The minimum Gasteiger partial charge on any atom is -0.395 e. The summed E-state index contributed by atoms with van der Waals surface area (Å²) in [7, 11) is 0. The predicted molar refractivity (Wildman–Crippen MR) is 65.0 cm³/mol. The summed E-state index contributed by atoms with van der Waals surface area (Å²) in [4.78, 5) is 0. The van der Waals surface area contributed by atoms with Crippen LogP contribution in [0.1, 0.15) is 44.4 Å². The van der Waals surface area contributed by atoms with Crippen molar-refractivity contribution in [3.63, 3.8) is 0 Å². The van der Waals surface area contributed by atoms with E-state index in [1.165, 1.54) is 16.7 Å². The molecule has 0 bridgehead atoms. The number of benzene rings is 1. The summed E-state index contributed by atoms with van der Waals surface area (Å²) >= 11 is 0. The van der Waals surface area contributed by atoms with Crippen molar-refractivity contribution in [2.24, 2.45) is 0 Å². The Labute approximate surface area is 93.1 Å². The van der Waals surface area contributed by atoms with Gasteiger partial charge in [-0.05, 0) is 29.0 Å². The minimum atomic E-state index is 0.133. The summed E-state index contributed by atoms with van der Waals surface area (Å²) in [5.41, 5.74) is 3.99. The van der Waals surface area contributed by atoms with Crippen molar-refractivity contribution >= 4 is 0 Å². The van der Waals surface area contributed by atoms with Gasteiger partial charge in [-0.1, -0.05) is 45.9 Å². The van der Waals surface area contributed by atoms with E-state index in [0.29, 0.717) is 0 Å². The lowest BCUT2D eigenvalue weighted by atomic mass is 9.81. The lowest BCUT2D eigenvalue weighted by Crippen LogP contribution is -2.15. The fourth-order valence-electron chi connectivity index (χ4n) is 2.00.